The van der Waals surface area contributed by atoms with E-state index in [0.717, 1.165) is 32.4 Å². The number of aliphatic hydroxyl groups is 1. The molecule has 0 unspecified atom stereocenters. The lowest BCUT2D eigenvalue weighted by Gasteiger charge is -2.37. The van der Waals surface area contributed by atoms with E-state index >= 15 is 0 Å². The van der Waals surface area contributed by atoms with E-state index in [9.17, 15) is 9.90 Å². The van der Waals surface area contributed by atoms with Gasteiger partial charge in [0.25, 0.3) is 0 Å². The first-order valence-corrected chi connectivity index (χ1v) is 5.94. The van der Waals surface area contributed by atoms with Crippen molar-refractivity contribution in [3.8, 4) is 0 Å². The van der Waals surface area contributed by atoms with E-state index in [0.29, 0.717) is 12.3 Å². The third-order valence-electron chi connectivity index (χ3n) is 3.47. The van der Waals surface area contributed by atoms with Crippen LogP contribution in [0.3, 0.4) is 0 Å². The fourth-order valence-corrected chi connectivity index (χ4v) is 1.88. The van der Waals surface area contributed by atoms with Gasteiger partial charge in [-0.15, -0.1) is 0 Å². The Balaban J connectivity index is 2.35. The summed E-state index contributed by atoms with van der Waals surface area (Å²) in [5, 5.41) is 10.0. The van der Waals surface area contributed by atoms with Gasteiger partial charge in [-0.1, -0.05) is 20.8 Å². The van der Waals surface area contributed by atoms with Gasteiger partial charge in [0.1, 0.15) is 5.78 Å². The van der Waals surface area contributed by atoms with Crippen molar-refractivity contribution in [2.24, 2.45) is 5.92 Å². The maximum absolute atomic E-state index is 11.5. The Labute approximate surface area is 92.5 Å². The topological polar surface area (TPSA) is 40.5 Å². The molecule has 1 aliphatic rings. The SMILES string of the molecule is CCC1(O)CCN(CC(=O)C(C)C)CC1. The summed E-state index contributed by atoms with van der Waals surface area (Å²) in [4.78, 5) is 13.7. The molecule has 0 aromatic heterocycles. The number of likely N-dealkylation sites (tertiary alicyclic amines) is 1. The Hall–Kier alpha value is -0.410. The maximum atomic E-state index is 11.5. The van der Waals surface area contributed by atoms with Crippen LogP contribution in [0.1, 0.15) is 40.0 Å². The highest BCUT2D eigenvalue weighted by molar-refractivity contribution is 5.82. The molecular weight excluding hydrogens is 190 g/mol. The number of nitrogens with zero attached hydrogens (tertiary/aromatic N) is 1. The minimum atomic E-state index is -0.475. The first-order valence-electron chi connectivity index (χ1n) is 5.94. The molecule has 1 aliphatic heterocycles. The van der Waals surface area contributed by atoms with Crippen molar-refractivity contribution >= 4 is 5.78 Å². The summed E-state index contributed by atoms with van der Waals surface area (Å²) in [6, 6.07) is 0. The summed E-state index contributed by atoms with van der Waals surface area (Å²) >= 11 is 0. The fraction of sp³-hybridized carbons (Fsp3) is 0.917. The van der Waals surface area contributed by atoms with Gasteiger partial charge in [-0.2, -0.15) is 0 Å². The van der Waals surface area contributed by atoms with Crippen LogP contribution in [-0.2, 0) is 4.79 Å². The lowest BCUT2D eigenvalue weighted by molar-refractivity contribution is -0.124. The van der Waals surface area contributed by atoms with E-state index in [-0.39, 0.29) is 5.92 Å². The van der Waals surface area contributed by atoms with Crippen LogP contribution in [-0.4, -0.2) is 41.0 Å². The van der Waals surface area contributed by atoms with Crippen molar-refractivity contribution in [1.29, 1.82) is 0 Å². The molecule has 1 fully saturated rings. The molecule has 0 bridgehead atoms. The highest BCUT2D eigenvalue weighted by Gasteiger charge is 2.30. The second-order valence-electron chi connectivity index (χ2n) is 4.98. The van der Waals surface area contributed by atoms with E-state index < -0.39 is 5.60 Å². The second-order valence-corrected chi connectivity index (χ2v) is 4.98. The predicted molar refractivity (Wildman–Crippen MR) is 60.8 cm³/mol. The average Bonchev–Trinajstić information content (AvgIpc) is 2.21. The molecule has 88 valence electrons. The van der Waals surface area contributed by atoms with Gasteiger partial charge in [-0.05, 0) is 19.3 Å². The molecule has 0 spiro atoms. The highest BCUT2D eigenvalue weighted by Crippen LogP contribution is 2.25. The normalized spacial score (nSPS) is 21.9. The number of hydrogen-bond acceptors (Lipinski definition) is 3. The molecule has 0 atom stereocenters. The van der Waals surface area contributed by atoms with Crippen LogP contribution in [0.5, 0.6) is 0 Å². The molecule has 0 aliphatic carbocycles. The molecule has 1 heterocycles. The van der Waals surface area contributed by atoms with Crippen LogP contribution in [0.15, 0.2) is 0 Å². The summed E-state index contributed by atoms with van der Waals surface area (Å²) < 4.78 is 0. The summed E-state index contributed by atoms with van der Waals surface area (Å²) in [6.07, 6.45) is 2.42. The average molecular weight is 213 g/mol. The van der Waals surface area contributed by atoms with Gasteiger partial charge in [-0.25, -0.2) is 0 Å². The van der Waals surface area contributed by atoms with Crippen LogP contribution in [0.4, 0.5) is 0 Å². The molecule has 0 amide bonds. The zero-order valence-corrected chi connectivity index (χ0v) is 10.1. The van der Waals surface area contributed by atoms with Crippen molar-refractivity contribution in [2.45, 2.75) is 45.6 Å². The number of ketones is 1. The third kappa shape index (κ3) is 3.58. The van der Waals surface area contributed by atoms with E-state index in [1.807, 2.05) is 20.8 Å². The Morgan fingerprint density at radius 2 is 1.93 bits per heavy atom. The molecule has 0 radical (unpaired) electrons. The first-order chi connectivity index (χ1) is 6.97. The maximum Gasteiger partial charge on any atom is 0.149 e. The van der Waals surface area contributed by atoms with Gasteiger partial charge in [0.2, 0.25) is 0 Å². The number of Topliss-reactive ketones (excluding diaryl/α,β-unsaturated/α-hetero) is 1. The number of hydrogen-bond donors (Lipinski definition) is 1. The smallest absolute Gasteiger partial charge is 0.149 e. The van der Waals surface area contributed by atoms with Crippen molar-refractivity contribution in [1.82, 2.24) is 4.90 Å². The Bertz CT molecular complexity index is 218. The summed E-state index contributed by atoms with van der Waals surface area (Å²) in [5.41, 5.74) is -0.475. The van der Waals surface area contributed by atoms with E-state index in [4.69, 9.17) is 0 Å². The van der Waals surface area contributed by atoms with E-state index in [2.05, 4.69) is 4.90 Å². The molecule has 0 aromatic rings. The molecule has 1 rings (SSSR count). The Kier molecular flexibility index (Phi) is 4.29. The van der Waals surface area contributed by atoms with E-state index in [1.165, 1.54) is 0 Å². The van der Waals surface area contributed by atoms with Gasteiger partial charge >= 0.3 is 0 Å². The van der Waals surface area contributed by atoms with Crippen LogP contribution < -0.4 is 0 Å². The lowest BCUT2D eigenvalue weighted by atomic mass is 9.89. The first kappa shape index (κ1) is 12.7. The third-order valence-corrected chi connectivity index (χ3v) is 3.47. The van der Waals surface area contributed by atoms with Crippen LogP contribution in [0.2, 0.25) is 0 Å². The van der Waals surface area contributed by atoms with Crippen LogP contribution in [0, 0.1) is 5.92 Å². The van der Waals surface area contributed by atoms with Crippen molar-refractivity contribution in [3.05, 3.63) is 0 Å². The number of carbonyl (C=O) groups excluding carboxylic acids is 1. The molecule has 1 N–H and O–H groups in total. The van der Waals surface area contributed by atoms with Crippen LogP contribution in [0.25, 0.3) is 0 Å². The Morgan fingerprint density at radius 1 is 1.40 bits per heavy atom. The molecule has 1 saturated heterocycles. The molecular formula is C12H23NO2. The molecule has 15 heavy (non-hydrogen) atoms. The quantitative estimate of drug-likeness (QED) is 0.768. The zero-order valence-electron chi connectivity index (χ0n) is 10.1. The van der Waals surface area contributed by atoms with Crippen LogP contribution >= 0.6 is 0 Å². The summed E-state index contributed by atoms with van der Waals surface area (Å²) in [7, 11) is 0. The zero-order chi connectivity index (χ0) is 11.5. The van der Waals surface area contributed by atoms with Gasteiger partial charge in [0.05, 0.1) is 12.1 Å². The van der Waals surface area contributed by atoms with Crippen molar-refractivity contribution in [3.63, 3.8) is 0 Å². The second kappa shape index (κ2) is 5.08. The number of carbonyl (C=O) groups is 1. The lowest BCUT2D eigenvalue weighted by Crippen LogP contribution is -2.46. The summed E-state index contributed by atoms with van der Waals surface area (Å²) in [5.74, 6) is 0.425. The van der Waals surface area contributed by atoms with Gasteiger partial charge in [0.15, 0.2) is 0 Å². The highest BCUT2D eigenvalue weighted by atomic mass is 16.3. The Morgan fingerprint density at radius 3 is 2.33 bits per heavy atom. The molecule has 0 aromatic carbocycles. The standard InChI is InChI=1S/C12H23NO2/c1-4-12(15)5-7-13(8-6-12)9-11(14)10(2)3/h10,15H,4-9H2,1-3H3. The minimum Gasteiger partial charge on any atom is -0.390 e. The fourth-order valence-electron chi connectivity index (χ4n) is 1.88. The number of rotatable bonds is 4. The van der Waals surface area contributed by atoms with Gasteiger partial charge in [-0.3, -0.25) is 9.69 Å². The molecule has 0 saturated carbocycles. The summed E-state index contributed by atoms with van der Waals surface area (Å²) in [6.45, 7) is 8.15. The van der Waals surface area contributed by atoms with Gasteiger partial charge in [0, 0.05) is 19.0 Å². The minimum absolute atomic E-state index is 0.122. The molecule has 3 heteroatoms. The van der Waals surface area contributed by atoms with Gasteiger partial charge < -0.3 is 5.11 Å². The predicted octanol–water partition coefficient (Wildman–Crippen LogP) is 1.45. The largest absolute Gasteiger partial charge is 0.390 e. The van der Waals surface area contributed by atoms with Crippen molar-refractivity contribution in [2.75, 3.05) is 19.6 Å². The monoisotopic (exact) mass is 213 g/mol. The molecule has 3 nitrogen and oxygen atoms in total. The van der Waals surface area contributed by atoms with Crippen molar-refractivity contribution < 1.29 is 9.90 Å². The van der Waals surface area contributed by atoms with E-state index in [1.54, 1.807) is 0 Å². The number of piperidine rings is 1.